The average Bonchev–Trinajstić information content (AvgIpc) is 2.88. The number of thioether (sulfide) groups is 1. The van der Waals surface area contributed by atoms with Crippen LogP contribution in [0.1, 0.15) is 47.7 Å². The first-order valence-electron chi connectivity index (χ1n) is 12.7. The SMILES string of the molecule is Cc1ccc(Cc2c(C)nc(SC(C)C(=O)NC3CCN(Cc4ccccc4)CC3)n(C)c2=O)cc1. The van der Waals surface area contributed by atoms with Gasteiger partial charge >= 0.3 is 0 Å². The molecule has 1 unspecified atom stereocenters. The van der Waals surface area contributed by atoms with Crippen molar-refractivity contribution >= 4 is 17.7 Å². The molecule has 6 nitrogen and oxygen atoms in total. The van der Waals surface area contributed by atoms with E-state index in [1.807, 2.05) is 26.8 Å². The second kappa shape index (κ2) is 11.9. The van der Waals surface area contributed by atoms with Crippen LogP contribution in [0.15, 0.2) is 64.5 Å². The third-order valence-corrected chi connectivity index (χ3v) is 8.03. The van der Waals surface area contributed by atoms with Gasteiger partial charge in [-0.1, -0.05) is 71.9 Å². The van der Waals surface area contributed by atoms with E-state index in [9.17, 15) is 9.59 Å². The van der Waals surface area contributed by atoms with E-state index in [-0.39, 0.29) is 22.8 Å². The van der Waals surface area contributed by atoms with Gasteiger partial charge in [0.2, 0.25) is 5.91 Å². The zero-order valence-electron chi connectivity index (χ0n) is 21.7. The summed E-state index contributed by atoms with van der Waals surface area (Å²) in [5.41, 5.74) is 4.97. The molecule has 1 saturated heterocycles. The Labute approximate surface area is 218 Å². The topological polar surface area (TPSA) is 67.2 Å². The Morgan fingerprint density at radius 2 is 1.72 bits per heavy atom. The number of carbonyl (C=O) groups is 1. The fourth-order valence-electron chi connectivity index (χ4n) is 4.56. The zero-order chi connectivity index (χ0) is 25.7. The third-order valence-electron chi connectivity index (χ3n) is 6.89. The first-order valence-corrected chi connectivity index (χ1v) is 13.5. The average molecular weight is 505 g/mol. The van der Waals surface area contributed by atoms with Crippen molar-refractivity contribution in [1.82, 2.24) is 19.8 Å². The Hall–Kier alpha value is -2.90. The maximum absolute atomic E-state index is 13.1. The molecule has 2 aromatic carbocycles. The fourth-order valence-corrected chi connectivity index (χ4v) is 5.48. The van der Waals surface area contributed by atoms with Gasteiger partial charge in [0.1, 0.15) is 0 Å². The van der Waals surface area contributed by atoms with E-state index in [0.717, 1.165) is 43.7 Å². The van der Waals surface area contributed by atoms with Crippen molar-refractivity contribution in [2.45, 2.75) is 63.0 Å². The van der Waals surface area contributed by atoms with Gasteiger partial charge in [-0.15, -0.1) is 0 Å². The highest BCUT2D eigenvalue weighted by molar-refractivity contribution is 8.00. The van der Waals surface area contributed by atoms with Crippen LogP contribution in [-0.2, 0) is 24.8 Å². The van der Waals surface area contributed by atoms with Crippen LogP contribution in [0.25, 0.3) is 0 Å². The van der Waals surface area contributed by atoms with E-state index >= 15 is 0 Å². The molecule has 0 saturated carbocycles. The molecule has 0 radical (unpaired) electrons. The van der Waals surface area contributed by atoms with Gasteiger partial charge in [0.05, 0.1) is 5.25 Å². The van der Waals surface area contributed by atoms with Crippen LogP contribution >= 0.6 is 11.8 Å². The van der Waals surface area contributed by atoms with Crippen molar-refractivity contribution in [3.8, 4) is 0 Å². The largest absolute Gasteiger partial charge is 0.352 e. The molecule has 7 heteroatoms. The molecule has 1 aromatic heterocycles. The van der Waals surface area contributed by atoms with Crippen molar-refractivity contribution in [3.63, 3.8) is 0 Å². The molecule has 1 amide bonds. The number of benzene rings is 2. The molecule has 2 heterocycles. The van der Waals surface area contributed by atoms with Gasteiger partial charge in [0.15, 0.2) is 5.16 Å². The van der Waals surface area contributed by atoms with Crippen LogP contribution in [0.5, 0.6) is 0 Å². The van der Waals surface area contributed by atoms with Gasteiger partial charge in [-0.3, -0.25) is 19.1 Å². The highest BCUT2D eigenvalue weighted by Crippen LogP contribution is 2.23. The first kappa shape index (κ1) is 26.2. The lowest BCUT2D eigenvalue weighted by molar-refractivity contribution is -0.121. The summed E-state index contributed by atoms with van der Waals surface area (Å²) in [5, 5.41) is 3.45. The summed E-state index contributed by atoms with van der Waals surface area (Å²) < 4.78 is 1.58. The summed E-state index contributed by atoms with van der Waals surface area (Å²) in [6.07, 6.45) is 2.44. The fraction of sp³-hybridized carbons (Fsp3) is 0.414. The maximum atomic E-state index is 13.1. The predicted octanol–water partition coefficient (Wildman–Crippen LogP) is 4.25. The highest BCUT2D eigenvalue weighted by atomic mass is 32.2. The van der Waals surface area contributed by atoms with Crippen molar-refractivity contribution in [2.24, 2.45) is 7.05 Å². The van der Waals surface area contributed by atoms with Crippen molar-refractivity contribution in [2.75, 3.05) is 13.1 Å². The van der Waals surface area contributed by atoms with Crippen LogP contribution in [-0.4, -0.2) is 44.7 Å². The molecule has 0 aliphatic carbocycles. The Morgan fingerprint density at radius 3 is 2.39 bits per heavy atom. The van der Waals surface area contributed by atoms with Gasteiger partial charge in [0, 0.05) is 50.4 Å². The van der Waals surface area contributed by atoms with Crippen LogP contribution in [0, 0.1) is 13.8 Å². The summed E-state index contributed by atoms with van der Waals surface area (Å²) in [4.78, 5) is 33.2. The smallest absolute Gasteiger partial charge is 0.257 e. The number of nitrogens with zero attached hydrogens (tertiary/aromatic N) is 3. The molecule has 1 aliphatic heterocycles. The molecule has 1 fully saturated rings. The molecule has 1 aliphatic rings. The molecule has 0 bridgehead atoms. The number of amides is 1. The number of hydrogen-bond acceptors (Lipinski definition) is 5. The van der Waals surface area contributed by atoms with Crippen molar-refractivity contribution in [1.29, 1.82) is 0 Å². The minimum Gasteiger partial charge on any atom is -0.352 e. The molecule has 0 spiro atoms. The van der Waals surface area contributed by atoms with Crippen molar-refractivity contribution < 1.29 is 4.79 Å². The van der Waals surface area contributed by atoms with Crippen LogP contribution in [0.2, 0.25) is 0 Å². The second-order valence-corrected chi connectivity index (χ2v) is 11.1. The molecule has 3 aromatic rings. The Kier molecular flexibility index (Phi) is 8.64. The third kappa shape index (κ3) is 6.65. The maximum Gasteiger partial charge on any atom is 0.257 e. The quantitative estimate of drug-likeness (QED) is 0.367. The first-order chi connectivity index (χ1) is 17.3. The molecule has 4 rings (SSSR count). The number of aryl methyl sites for hydroxylation is 2. The summed E-state index contributed by atoms with van der Waals surface area (Å²) in [5.74, 6) is -0.00265. The minimum atomic E-state index is -0.340. The Morgan fingerprint density at radius 1 is 1.06 bits per heavy atom. The number of aromatic nitrogens is 2. The Balaban J connectivity index is 1.32. The van der Waals surface area contributed by atoms with E-state index < -0.39 is 0 Å². The number of rotatable bonds is 8. The van der Waals surface area contributed by atoms with Crippen LogP contribution in [0.4, 0.5) is 0 Å². The predicted molar refractivity (Wildman–Crippen MR) is 146 cm³/mol. The molecular formula is C29H36N4O2S. The Bertz CT molecular complexity index is 1230. The van der Waals surface area contributed by atoms with Gasteiger partial charge < -0.3 is 5.32 Å². The highest BCUT2D eigenvalue weighted by Gasteiger charge is 2.24. The molecule has 1 atom stereocenters. The van der Waals surface area contributed by atoms with Gasteiger partial charge in [-0.25, -0.2) is 4.98 Å². The van der Waals surface area contributed by atoms with E-state index in [2.05, 4.69) is 58.7 Å². The minimum absolute atomic E-state index is 0.00265. The van der Waals surface area contributed by atoms with Crippen molar-refractivity contribution in [3.05, 3.63) is 92.9 Å². The molecule has 36 heavy (non-hydrogen) atoms. The summed E-state index contributed by atoms with van der Waals surface area (Å²) in [6, 6.07) is 18.9. The van der Waals surface area contributed by atoms with Crippen LogP contribution in [0.3, 0.4) is 0 Å². The number of piperidine rings is 1. The lowest BCUT2D eigenvalue weighted by Crippen LogP contribution is -2.46. The van der Waals surface area contributed by atoms with Gasteiger partial charge in [0.25, 0.3) is 5.56 Å². The lowest BCUT2D eigenvalue weighted by Gasteiger charge is -2.32. The summed E-state index contributed by atoms with van der Waals surface area (Å²) in [7, 11) is 1.74. The van der Waals surface area contributed by atoms with Gasteiger partial charge in [-0.2, -0.15) is 0 Å². The monoisotopic (exact) mass is 504 g/mol. The number of nitrogens with one attached hydrogen (secondary N) is 1. The number of likely N-dealkylation sites (tertiary alicyclic amines) is 1. The second-order valence-electron chi connectivity index (χ2n) is 9.79. The molecular weight excluding hydrogens is 468 g/mol. The number of carbonyl (C=O) groups excluding carboxylic acids is 1. The molecule has 190 valence electrons. The summed E-state index contributed by atoms with van der Waals surface area (Å²) in [6.45, 7) is 8.70. The zero-order valence-corrected chi connectivity index (χ0v) is 22.5. The molecule has 1 N–H and O–H groups in total. The van der Waals surface area contributed by atoms with Gasteiger partial charge in [-0.05, 0) is 44.7 Å². The van der Waals surface area contributed by atoms with E-state index in [1.54, 1.807) is 11.6 Å². The van der Waals surface area contributed by atoms with E-state index in [1.165, 1.54) is 22.9 Å². The summed E-state index contributed by atoms with van der Waals surface area (Å²) >= 11 is 1.34. The number of hydrogen-bond donors (Lipinski definition) is 1. The van der Waals surface area contributed by atoms with E-state index in [4.69, 9.17) is 4.98 Å². The van der Waals surface area contributed by atoms with Crippen LogP contribution < -0.4 is 10.9 Å². The van der Waals surface area contributed by atoms with E-state index in [0.29, 0.717) is 17.1 Å². The standard InChI is InChI=1S/C29H36N4O2S/c1-20-10-12-23(13-11-20)18-26-21(2)30-29(32(4)28(26)35)36-22(3)27(34)31-25-14-16-33(17-15-25)19-24-8-6-5-7-9-24/h5-13,22,25H,14-19H2,1-4H3,(H,31,34). The lowest BCUT2D eigenvalue weighted by atomic mass is 10.0. The normalized spacial score (nSPS) is 15.6.